The monoisotopic (exact) mass is 446 g/mol. The van der Waals surface area contributed by atoms with E-state index in [0.717, 1.165) is 25.2 Å². The Balaban J connectivity index is 0.00000400. The maximum atomic E-state index is 10.9. The van der Waals surface area contributed by atoms with Gasteiger partial charge < -0.3 is 10.2 Å². The van der Waals surface area contributed by atoms with Crippen molar-refractivity contribution in [2.75, 3.05) is 40.0 Å². The number of sulfonamides is 1. The van der Waals surface area contributed by atoms with Crippen molar-refractivity contribution in [1.82, 2.24) is 14.9 Å². The molecular weight excluding hydrogens is 423 g/mol. The SMILES string of the molecule is CN=C(NCCNS(C)(=O)=O)N(C)CCc1cccs1.I. The predicted octanol–water partition coefficient (Wildman–Crippen LogP) is 0.965. The fourth-order valence-electron chi connectivity index (χ4n) is 1.63. The number of nitrogens with one attached hydrogen (secondary N) is 2. The van der Waals surface area contributed by atoms with Crippen LogP contribution in [0.25, 0.3) is 0 Å². The Morgan fingerprint density at radius 2 is 2.14 bits per heavy atom. The third-order valence-electron chi connectivity index (χ3n) is 2.62. The number of thiophene rings is 1. The highest BCUT2D eigenvalue weighted by Gasteiger charge is 2.06. The van der Waals surface area contributed by atoms with Gasteiger partial charge in [0, 0.05) is 38.6 Å². The third-order valence-corrected chi connectivity index (χ3v) is 4.28. The van der Waals surface area contributed by atoms with Crippen LogP contribution in [-0.2, 0) is 16.4 Å². The van der Waals surface area contributed by atoms with Crippen LogP contribution >= 0.6 is 35.3 Å². The van der Waals surface area contributed by atoms with Gasteiger partial charge in [0.2, 0.25) is 10.0 Å². The lowest BCUT2D eigenvalue weighted by Gasteiger charge is -2.21. The zero-order valence-electron chi connectivity index (χ0n) is 12.5. The molecule has 0 spiro atoms. The minimum atomic E-state index is -3.13. The molecule has 21 heavy (non-hydrogen) atoms. The molecule has 9 heteroatoms. The molecule has 1 aromatic heterocycles. The Hall–Kier alpha value is -0.390. The van der Waals surface area contributed by atoms with Crippen molar-refractivity contribution in [3.8, 4) is 0 Å². The second-order valence-electron chi connectivity index (χ2n) is 4.39. The van der Waals surface area contributed by atoms with E-state index >= 15 is 0 Å². The predicted molar refractivity (Wildman–Crippen MR) is 100 cm³/mol. The van der Waals surface area contributed by atoms with E-state index < -0.39 is 10.0 Å². The molecule has 0 amide bonds. The highest BCUT2D eigenvalue weighted by atomic mass is 127. The summed E-state index contributed by atoms with van der Waals surface area (Å²) >= 11 is 1.74. The first-order chi connectivity index (χ1) is 9.42. The molecule has 1 rings (SSSR count). The van der Waals surface area contributed by atoms with Gasteiger partial charge in [-0.2, -0.15) is 0 Å². The van der Waals surface area contributed by atoms with Crippen LogP contribution in [0.4, 0.5) is 0 Å². The molecule has 0 bridgehead atoms. The molecule has 0 atom stereocenters. The summed E-state index contributed by atoms with van der Waals surface area (Å²) in [5.74, 6) is 0.761. The summed E-state index contributed by atoms with van der Waals surface area (Å²) in [6.45, 7) is 1.71. The van der Waals surface area contributed by atoms with E-state index in [1.54, 1.807) is 18.4 Å². The molecule has 1 aromatic rings. The average Bonchev–Trinajstić information content (AvgIpc) is 2.88. The Kier molecular flexibility index (Phi) is 10.2. The van der Waals surface area contributed by atoms with Gasteiger partial charge >= 0.3 is 0 Å². The topological polar surface area (TPSA) is 73.8 Å². The largest absolute Gasteiger partial charge is 0.355 e. The van der Waals surface area contributed by atoms with Gasteiger partial charge in [-0.25, -0.2) is 13.1 Å². The molecule has 0 saturated carbocycles. The van der Waals surface area contributed by atoms with Gasteiger partial charge in [0.1, 0.15) is 0 Å². The van der Waals surface area contributed by atoms with E-state index in [1.165, 1.54) is 4.88 Å². The van der Waals surface area contributed by atoms with Crippen LogP contribution in [0.5, 0.6) is 0 Å². The standard InChI is InChI=1S/C12H22N4O2S2.HI/c1-13-12(14-7-8-15-20(3,17)18)16(2)9-6-11-5-4-10-19-11;/h4-5,10,15H,6-9H2,1-3H3,(H,13,14);1H. The van der Waals surface area contributed by atoms with Gasteiger partial charge in [0.05, 0.1) is 6.26 Å². The van der Waals surface area contributed by atoms with Gasteiger partial charge in [-0.1, -0.05) is 6.07 Å². The Morgan fingerprint density at radius 1 is 1.43 bits per heavy atom. The highest BCUT2D eigenvalue weighted by Crippen LogP contribution is 2.09. The molecule has 0 aliphatic carbocycles. The van der Waals surface area contributed by atoms with E-state index in [-0.39, 0.29) is 24.0 Å². The van der Waals surface area contributed by atoms with E-state index in [1.807, 2.05) is 18.0 Å². The first-order valence-corrected chi connectivity index (χ1v) is 9.08. The van der Waals surface area contributed by atoms with Crippen LogP contribution in [0.1, 0.15) is 4.88 Å². The molecule has 0 aromatic carbocycles. The Morgan fingerprint density at radius 3 is 2.67 bits per heavy atom. The van der Waals surface area contributed by atoms with Crippen LogP contribution in [0.3, 0.4) is 0 Å². The lowest BCUT2D eigenvalue weighted by atomic mass is 10.3. The smallest absolute Gasteiger partial charge is 0.208 e. The number of hydrogen-bond donors (Lipinski definition) is 2. The number of nitrogens with zero attached hydrogens (tertiary/aromatic N) is 2. The van der Waals surface area contributed by atoms with Crippen molar-refractivity contribution >= 4 is 51.3 Å². The average molecular weight is 446 g/mol. The second kappa shape index (κ2) is 10.4. The van der Waals surface area contributed by atoms with Crippen LogP contribution in [0.15, 0.2) is 22.5 Å². The second-order valence-corrected chi connectivity index (χ2v) is 7.26. The van der Waals surface area contributed by atoms with Gasteiger partial charge in [-0.05, 0) is 17.9 Å². The quantitative estimate of drug-likeness (QED) is 0.283. The summed E-state index contributed by atoms with van der Waals surface area (Å²) in [7, 11) is 0.550. The van der Waals surface area contributed by atoms with Crippen molar-refractivity contribution in [2.45, 2.75) is 6.42 Å². The maximum Gasteiger partial charge on any atom is 0.208 e. The lowest BCUT2D eigenvalue weighted by Crippen LogP contribution is -2.43. The molecule has 0 unspecified atom stereocenters. The summed E-state index contributed by atoms with van der Waals surface area (Å²) in [5, 5.41) is 5.19. The number of likely N-dealkylation sites (N-methyl/N-ethyl adjacent to an activating group) is 1. The van der Waals surface area contributed by atoms with Gasteiger partial charge in [0.15, 0.2) is 5.96 Å². The van der Waals surface area contributed by atoms with Crippen LogP contribution in [-0.4, -0.2) is 59.3 Å². The summed E-state index contributed by atoms with van der Waals surface area (Å²) in [4.78, 5) is 7.55. The minimum Gasteiger partial charge on any atom is -0.355 e. The summed E-state index contributed by atoms with van der Waals surface area (Å²) in [6.07, 6.45) is 2.12. The molecule has 0 aliphatic rings. The Labute approximate surface area is 148 Å². The van der Waals surface area contributed by atoms with E-state index in [0.29, 0.717) is 13.1 Å². The van der Waals surface area contributed by atoms with Crippen LogP contribution in [0, 0.1) is 0 Å². The fraction of sp³-hybridized carbons (Fsp3) is 0.583. The number of guanidine groups is 1. The zero-order chi connectivity index (χ0) is 15.0. The number of aliphatic imine (C=N–C) groups is 1. The molecule has 2 N–H and O–H groups in total. The first-order valence-electron chi connectivity index (χ1n) is 6.31. The molecule has 0 saturated heterocycles. The van der Waals surface area contributed by atoms with Gasteiger partial charge in [0.25, 0.3) is 0 Å². The van der Waals surface area contributed by atoms with Crippen molar-refractivity contribution in [1.29, 1.82) is 0 Å². The molecule has 0 fully saturated rings. The fourth-order valence-corrected chi connectivity index (χ4v) is 2.81. The number of halogens is 1. The number of rotatable bonds is 7. The zero-order valence-corrected chi connectivity index (χ0v) is 16.5. The van der Waals surface area contributed by atoms with E-state index in [9.17, 15) is 8.42 Å². The molecule has 0 radical (unpaired) electrons. The van der Waals surface area contributed by atoms with Crippen LogP contribution < -0.4 is 10.0 Å². The highest BCUT2D eigenvalue weighted by molar-refractivity contribution is 14.0. The lowest BCUT2D eigenvalue weighted by molar-refractivity contribution is 0.486. The normalized spacial score (nSPS) is 11.9. The van der Waals surface area contributed by atoms with Crippen molar-refractivity contribution < 1.29 is 8.42 Å². The molecule has 1 heterocycles. The van der Waals surface area contributed by atoms with E-state index in [2.05, 4.69) is 26.5 Å². The van der Waals surface area contributed by atoms with Crippen molar-refractivity contribution in [3.63, 3.8) is 0 Å². The molecular formula is C12H23IN4O2S2. The van der Waals surface area contributed by atoms with Crippen LogP contribution in [0.2, 0.25) is 0 Å². The summed E-state index contributed by atoms with van der Waals surface area (Å²) < 4.78 is 24.3. The minimum absolute atomic E-state index is 0. The van der Waals surface area contributed by atoms with Gasteiger partial charge in [-0.15, -0.1) is 35.3 Å². The Bertz CT molecular complexity index is 517. The number of hydrogen-bond acceptors (Lipinski definition) is 4. The third kappa shape index (κ3) is 9.27. The summed E-state index contributed by atoms with van der Waals surface area (Å²) in [5.41, 5.74) is 0. The van der Waals surface area contributed by atoms with Crippen molar-refractivity contribution in [2.24, 2.45) is 4.99 Å². The van der Waals surface area contributed by atoms with Crippen molar-refractivity contribution in [3.05, 3.63) is 22.4 Å². The molecule has 122 valence electrons. The summed E-state index contributed by atoms with van der Waals surface area (Å²) in [6, 6.07) is 4.16. The first kappa shape index (κ1) is 20.6. The molecule has 6 nitrogen and oxygen atoms in total. The molecule has 0 aliphatic heterocycles. The maximum absolute atomic E-state index is 10.9. The van der Waals surface area contributed by atoms with Gasteiger partial charge in [-0.3, -0.25) is 4.99 Å². The van der Waals surface area contributed by atoms with E-state index in [4.69, 9.17) is 0 Å².